The number of rotatable bonds is 7. The van der Waals surface area contributed by atoms with Crippen molar-refractivity contribution >= 4 is 10.1 Å². The maximum atomic E-state index is 12.9. The lowest BCUT2D eigenvalue weighted by Gasteiger charge is -2.19. The van der Waals surface area contributed by atoms with Crippen molar-refractivity contribution in [3.63, 3.8) is 0 Å². The highest BCUT2D eigenvalue weighted by atomic mass is 32.2. The summed E-state index contributed by atoms with van der Waals surface area (Å²) in [5.41, 5.74) is 5.86. The van der Waals surface area contributed by atoms with E-state index >= 15 is 0 Å². The van der Waals surface area contributed by atoms with Gasteiger partial charge in [-0.2, -0.15) is 21.6 Å². The maximum Gasteiger partial charge on any atom is 0.534 e. The highest BCUT2D eigenvalue weighted by molar-refractivity contribution is 7.88. The number of aromatic nitrogens is 1. The molecule has 6 rings (SSSR count). The number of hydrogen-bond acceptors (Lipinski definition) is 4. The number of alkyl halides is 3. The second kappa shape index (κ2) is 13.0. The van der Waals surface area contributed by atoms with Crippen LogP contribution in [0, 0.1) is 6.92 Å². The van der Waals surface area contributed by atoms with Crippen LogP contribution in [0.4, 0.5) is 13.2 Å². The van der Waals surface area contributed by atoms with Crippen LogP contribution in [0.15, 0.2) is 133 Å². The molecule has 0 unspecified atom stereocenters. The molecule has 0 aliphatic rings. The van der Waals surface area contributed by atoms with E-state index in [0.29, 0.717) is 17.0 Å². The first-order chi connectivity index (χ1) is 23.2. The molecule has 1 heterocycles. The largest absolute Gasteiger partial charge is 0.534 e. The fraction of sp³-hybridized carbons (Fsp3) is 0.146. The van der Waals surface area contributed by atoms with Crippen LogP contribution < -0.4 is 4.18 Å². The van der Waals surface area contributed by atoms with Crippen molar-refractivity contribution in [2.24, 2.45) is 0 Å². The van der Waals surface area contributed by atoms with Gasteiger partial charge < -0.3 is 4.18 Å². The van der Waals surface area contributed by atoms with Crippen LogP contribution in [0.2, 0.25) is 0 Å². The molecule has 0 bridgehead atoms. The Bertz CT molecular complexity index is 2190. The first-order valence-corrected chi connectivity index (χ1v) is 17.1. The number of nitrogens with zero attached hydrogens (tertiary/aromatic N) is 1. The Morgan fingerprint density at radius 3 is 1.27 bits per heavy atom. The van der Waals surface area contributed by atoms with E-state index < -0.39 is 21.4 Å². The van der Waals surface area contributed by atoms with Gasteiger partial charge in [0.25, 0.3) is 0 Å². The highest BCUT2D eigenvalue weighted by Gasteiger charge is 2.48. The van der Waals surface area contributed by atoms with Gasteiger partial charge in [-0.1, -0.05) is 136 Å². The third-order valence-corrected chi connectivity index (χ3v) is 9.31. The summed E-state index contributed by atoms with van der Waals surface area (Å²) in [6, 6.07) is 42.4. The third-order valence-electron chi connectivity index (χ3n) is 8.33. The summed E-state index contributed by atoms with van der Waals surface area (Å²) in [6.07, 6.45) is 0. The van der Waals surface area contributed by atoms with Gasteiger partial charge in [0.2, 0.25) is 0 Å². The average Bonchev–Trinajstić information content (AvgIpc) is 3.08. The number of halogens is 3. The van der Waals surface area contributed by atoms with E-state index in [1.54, 1.807) is 0 Å². The molecule has 0 spiro atoms. The lowest BCUT2D eigenvalue weighted by molar-refractivity contribution is -0.0500. The molecule has 0 atom stereocenters. The normalized spacial score (nSPS) is 12.1. The molecule has 1 aromatic heterocycles. The van der Waals surface area contributed by atoms with Gasteiger partial charge in [0.05, 0.1) is 11.4 Å². The number of hydrogen-bond donors (Lipinski definition) is 0. The van der Waals surface area contributed by atoms with Crippen molar-refractivity contribution < 1.29 is 25.8 Å². The minimum absolute atomic E-state index is 0.0614. The summed E-state index contributed by atoms with van der Waals surface area (Å²) in [4.78, 5) is 5.02. The van der Waals surface area contributed by atoms with Gasteiger partial charge in [-0.15, -0.1) is 0 Å². The molecule has 0 aliphatic heterocycles. The second-order valence-corrected chi connectivity index (χ2v) is 14.5. The summed E-state index contributed by atoms with van der Waals surface area (Å²) in [5, 5.41) is 0. The topological polar surface area (TPSA) is 56.3 Å². The fourth-order valence-electron chi connectivity index (χ4n) is 5.45. The summed E-state index contributed by atoms with van der Waals surface area (Å²) >= 11 is 0. The molecule has 5 aromatic carbocycles. The molecule has 8 heteroatoms. The predicted molar refractivity (Wildman–Crippen MR) is 190 cm³/mol. The van der Waals surface area contributed by atoms with Crippen molar-refractivity contribution in [3.05, 3.63) is 145 Å². The Morgan fingerprint density at radius 2 is 0.857 bits per heavy atom. The number of aryl methyl sites for hydroxylation is 1. The van der Waals surface area contributed by atoms with E-state index in [-0.39, 0.29) is 5.41 Å². The quantitative estimate of drug-likeness (QED) is 0.125. The van der Waals surface area contributed by atoms with Gasteiger partial charge >= 0.3 is 15.6 Å². The van der Waals surface area contributed by atoms with Crippen molar-refractivity contribution in [3.8, 4) is 61.6 Å². The fourth-order valence-corrected chi connectivity index (χ4v) is 5.90. The van der Waals surface area contributed by atoms with E-state index in [9.17, 15) is 21.6 Å². The Kier molecular flexibility index (Phi) is 8.94. The Morgan fingerprint density at radius 1 is 0.510 bits per heavy atom. The van der Waals surface area contributed by atoms with Crippen LogP contribution in [-0.4, -0.2) is 18.9 Å². The van der Waals surface area contributed by atoms with Gasteiger partial charge in [-0.05, 0) is 75.5 Å². The zero-order valence-electron chi connectivity index (χ0n) is 27.4. The first-order valence-electron chi connectivity index (χ1n) is 15.7. The molecule has 0 radical (unpaired) electrons. The van der Waals surface area contributed by atoms with E-state index in [4.69, 9.17) is 4.98 Å². The second-order valence-electron chi connectivity index (χ2n) is 13.0. The van der Waals surface area contributed by atoms with Gasteiger partial charge in [-0.25, -0.2) is 4.98 Å². The number of benzene rings is 5. The Hall–Kier alpha value is -5.21. The van der Waals surface area contributed by atoms with Crippen LogP contribution in [0.3, 0.4) is 0 Å². The Balaban J connectivity index is 1.36. The summed E-state index contributed by atoms with van der Waals surface area (Å²) in [5.74, 6) is -0.437. The SMILES string of the molecule is Cc1ccc(-c2ccc(-c3cc(-c4ccc(OS(=O)(=O)C(F)(F)F)cc4)cc(-c4ccc(-c5ccc(C(C)(C)C)cc5)cc4)n3)cc2)cc1. The van der Waals surface area contributed by atoms with E-state index in [1.165, 1.54) is 35.4 Å². The van der Waals surface area contributed by atoms with Crippen molar-refractivity contribution in [2.75, 3.05) is 0 Å². The highest BCUT2D eigenvalue weighted by Crippen LogP contribution is 2.34. The average molecular weight is 678 g/mol. The van der Waals surface area contributed by atoms with Crippen LogP contribution in [0.25, 0.3) is 55.9 Å². The molecule has 0 saturated heterocycles. The van der Waals surface area contributed by atoms with Gasteiger partial charge in [0.15, 0.2) is 0 Å². The minimum atomic E-state index is -5.78. The summed E-state index contributed by atoms with van der Waals surface area (Å²) < 4.78 is 66.0. The zero-order valence-corrected chi connectivity index (χ0v) is 28.2. The Labute approximate surface area is 285 Å². The maximum absolute atomic E-state index is 12.9. The van der Waals surface area contributed by atoms with Crippen LogP contribution in [0.5, 0.6) is 5.75 Å². The van der Waals surface area contributed by atoms with Crippen LogP contribution in [-0.2, 0) is 15.5 Å². The van der Waals surface area contributed by atoms with Gasteiger partial charge in [0, 0.05) is 11.1 Å². The lowest BCUT2D eigenvalue weighted by Crippen LogP contribution is -2.28. The van der Waals surface area contributed by atoms with E-state index in [1.807, 2.05) is 55.5 Å². The smallest absolute Gasteiger partial charge is 0.376 e. The van der Waals surface area contributed by atoms with Crippen molar-refractivity contribution in [2.45, 2.75) is 38.6 Å². The number of pyridine rings is 1. The zero-order chi connectivity index (χ0) is 35.0. The van der Waals surface area contributed by atoms with E-state index in [2.05, 4.69) is 85.6 Å². The molecular formula is C41H34F3NO3S. The molecule has 0 saturated carbocycles. The third kappa shape index (κ3) is 7.60. The standard InChI is InChI=1S/C41H34F3NO3S/c1-27-5-7-28(8-6-27)29-9-13-33(14-10-29)38-25-35(32-19-23-37(24-20-32)48-49(46,47)41(42,43)44)26-39(45-38)34-15-11-30(12-16-34)31-17-21-36(22-18-31)40(2,3)4/h5-26H,1-4H3. The lowest BCUT2D eigenvalue weighted by atomic mass is 9.86. The molecule has 0 fully saturated rings. The molecule has 49 heavy (non-hydrogen) atoms. The summed E-state index contributed by atoms with van der Waals surface area (Å²) in [7, 11) is -5.78. The molecule has 4 nitrogen and oxygen atoms in total. The predicted octanol–water partition coefficient (Wildman–Crippen LogP) is 11.3. The van der Waals surface area contributed by atoms with Crippen molar-refractivity contribution in [1.82, 2.24) is 4.98 Å². The molecule has 248 valence electrons. The van der Waals surface area contributed by atoms with E-state index in [0.717, 1.165) is 38.9 Å². The molecule has 6 aromatic rings. The molecule has 0 N–H and O–H groups in total. The van der Waals surface area contributed by atoms with Gasteiger partial charge in [-0.3, -0.25) is 0 Å². The van der Waals surface area contributed by atoms with Crippen molar-refractivity contribution in [1.29, 1.82) is 0 Å². The monoisotopic (exact) mass is 677 g/mol. The molecular weight excluding hydrogens is 644 g/mol. The first kappa shape index (κ1) is 33.7. The van der Waals surface area contributed by atoms with Crippen LogP contribution >= 0.6 is 0 Å². The molecule has 0 aliphatic carbocycles. The van der Waals surface area contributed by atoms with Crippen LogP contribution in [0.1, 0.15) is 31.9 Å². The minimum Gasteiger partial charge on any atom is -0.376 e. The molecule has 0 amide bonds. The summed E-state index contributed by atoms with van der Waals surface area (Å²) in [6.45, 7) is 8.60. The van der Waals surface area contributed by atoms with Gasteiger partial charge in [0.1, 0.15) is 5.75 Å².